The Morgan fingerprint density at radius 3 is 2.52 bits per heavy atom. The quantitative estimate of drug-likeness (QED) is 0.272. The van der Waals surface area contributed by atoms with Gasteiger partial charge in [0.1, 0.15) is 16.9 Å². The summed E-state index contributed by atoms with van der Waals surface area (Å²) < 4.78 is 29.5. The van der Waals surface area contributed by atoms with Crippen molar-refractivity contribution in [2.24, 2.45) is 24.6 Å². The predicted molar refractivity (Wildman–Crippen MR) is 166 cm³/mol. The minimum absolute atomic E-state index is 0.0166. The van der Waals surface area contributed by atoms with E-state index < -0.39 is 5.82 Å². The largest absolute Gasteiger partial charge is 0.494 e. The van der Waals surface area contributed by atoms with Gasteiger partial charge in [0, 0.05) is 48.7 Å². The van der Waals surface area contributed by atoms with Crippen molar-refractivity contribution >= 4 is 28.0 Å². The molecule has 0 spiro atoms. The molecule has 9 nitrogen and oxygen atoms in total. The number of likely N-dealkylation sites (tertiary alicyclic amines) is 1. The first-order valence-corrected chi connectivity index (χ1v) is 15.3. The van der Waals surface area contributed by atoms with Crippen LogP contribution in [0.5, 0.6) is 11.5 Å². The number of pyridine rings is 1. The number of aryl methyl sites for hydroxylation is 1. The molecule has 3 fully saturated rings. The molecule has 4 heterocycles. The molecule has 2 aromatic carbocycles. The Kier molecular flexibility index (Phi) is 6.20. The van der Waals surface area contributed by atoms with Crippen LogP contribution in [0.15, 0.2) is 48.5 Å². The lowest BCUT2D eigenvalue weighted by Gasteiger charge is -2.27. The molecule has 2 N–H and O–H groups in total. The first-order chi connectivity index (χ1) is 21.3. The highest BCUT2D eigenvalue weighted by Crippen LogP contribution is 2.40. The van der Waals surface area contributed by atoms with Gasteiger partial charge in [-0.3, -0.25) is 4.79 Å². The molecular formula is C34H35FN6O3. The maximum absolute atomic E-state index is 14.1. The highest BCUT2D eigenvalue weighted by molar-refractivity contribution is 6.00. The van der Waals surface area contributed by atoms with Crippen LogP contribution in [0, 0.1) is 17.7 Å². The van der Waals surface area contributed by atoms with Crippen molar-refractivity contribution in [1.82, 2.24) is 24.0 Å². The Hall–Kier alpha value is -4.44. The summed E-state index contributed by atoms with van der Waals surface area (Å²) in [5.74, 6) is 2.10. The zero-order chi connectivity index (χ0) is 30.3. The molecule has 1 amide bonds. The number of hydrogen-bond donors (Lipinski definition) is 1. The average Bonchev–Trinajstić information content (AvgIpc) is 3.44. The van der Waals surface area contributed by atoms with Crippen molar-refractivity contribution in [3.05, 3.63) is 59.9 Å². The lowest BCUT2D eigenvalue weighted by atomic mass is 10.1. The number of imidazole rings is 1. The van der Waals surface area contributed by atoms with E-state index in [1.807, 2.05) is 34.7 Å². The molecule has 3 aromatic heterocycles. The highest BCUT2D eigenvalue weighted by Gasteiger charge is 2.47. The van der Waals surface area contributed by atoms with Gasteiger partial charge in [0.05, 0.1) is 31.1 Å². The second-order valence-electron chi connectivity index (χ2n) is 12.5. The van der Waals surface area contributed by atoms with E-state index in [0.717, 1.165) is 58.7 Å². The maximum atomic E-state index is 14.1. The second kappa shape index (κ2) is 10.1. The molecule has 2 saturated carbocycles. The number of benzene rings is 2. The molecular weight excluding hydrogens is 559 g/mol. The first-order valence-electron chi connectivity index (χ1n) is 15.3. The summed E-state index contributed by atoms with van der Waals surface area (Å²) >= 11 is 0. The van der Waals surface area contributed by atoms with Crippen LogP contribution < -0.4 is 15.2 Å². The zero-order valence-electron chi connectivity index (χ0n) is 25.1. The van der Waals surface area contributed by atoms with E-state index in [1.165, 1.54) is 26.0 Å². The smallest absolute Gasteiger partial charge is 0.254 e. The Morgan fingerprint density at radius 1 is 1.00 bits per heavy atom. The number of rotatable bonds is 7. The van der Waals surface area contributed by atoms with Crippen LogP contribution in [-0.2, 0) is 13.6 Å². The summed E-state index contributed by atoms with van der Waals surface area (Å²) in [6.07, 6.45) is 4.40. The molecule has 2 aliphatic carbocycles. The van der Waals surface area contributed by atoms with Gasteiger partial charge in [0.15, 0.2) is 17.4 Å². The standard InChI is InChI=1S/C34H35FN6O3/c1-39-31-25(12-22(15-29(31)44-3)34(42)41-17-21-8-11-26(41)30(21)36)38-33(39)27-13-20-7-10-24(19-6-9-23(35)28(14-19)43-2)37-32(20)40(27)16-18-4-5-18/h6-7,9-10,12-15,18,21,26,30H,4-5,8,11,16-17,36H2,1-3H3/t21-,26-,30-/m1/s1. The number of fused-ring (bicyclic) bond motifs is 4. The fourth-order valence-corrected chi connectivity index (χ4v) is 7.30. The molecule has 0 unspecified atom stereocenters. The molecule has 0 radical (unpaired) electrons. The summed E-state index contributed by atoms with van der Waals surface area (Å²) in [5, 5.41) is 0.994. The van der Waals surface area contributed by atoms with Gasteiger partial charge in [0.2, 0.25) is 0 Å². The van der Waals surface area contributed by atoms with E-state index in [2.05, 4.69) is 16.7 Å². The summed E-state index contributed by atoms with van der Waals surface area (Å²) in [6.45, 7) is 1.53. The van der Waals surface area contributed by atoms with Gasteiger partial charge >= 0.3 is 0 Å². The van der Waals surface area contributed by atoms with Gasteiger partial charge in [-0.25, -0.2) is 14.4 Å². The minimum atomic E-state index is -0.407. The van der Waals surface area contributed by atoms with Crippen LogP contribution in [0.3, 0.4) is 0 Å². The Bertz CT molecular complexity index is 1960. The van der Waals surface area contributed by atoms with Gasteiger partial charge < -0.3 is 29.2 Å². The third-order valence-corrected chi connectivity index (χ3v) is 9.87. The molecule has 5 aromatic rings. The van der Waals surface area contributed by atoms with E-state index in [1.54, 1.807) is 19.2 Å². The number of aromatic nitrogens is 4. The van der Waals surface area contributed by atoms with Crippen LogP contribution in [-0.4, -0.2) is 62.8 Å². The number of nitrogens with zero attached hydrogens (tertiary/aromatic N) is 5. The number of carbonyl (C=O) groups excluding carboxylic acids is 1. The van der Waals surface area contributed by atoms with Crippen LogP contribution in [0.4, 0.5) is 4.39 Å². The lowest BCUT2D eigenvalue weighted by molar-refractivity contribution is 0.0700. The van der Waals surface area contributed by atoms with Gasteiger partial charge in [0.25, 0.3) is 5.91 Å². The molecule has 2 bridgehead atoms. The number of piperidine rings is 1. The minimum Gasteiger partial charge on any atom is -0.494 e. The average molecular weight is 595 g/mol. The topological polar surface area (TPSA) is 100 Å². The number of hydrogen-bond acceptors (Lipinski definition) is 6. The Balaban J connectivity index is 1.24. The number of halogens is 1. The van der Waals surface area contributed by atoms with Crippen LogP contribution >= 0.6 is 0 Å². The maximum Gasteiger partial charge on any atom is 0.254 e. The van der Waals surface area contributed by atoms with Crippen molar-refractivity contribution in [3.63, 3.8) is 0 Å². The van der Waals surface area contributed by atoms with Crippen molar-refractivity contribution in [1.29, 1.82) is 0 Å². The molecule has 44 heavy (non-hydrogen) atoms. The first kappa shape index (κ1) is 27.1. The summed E-state index contributed by atoms with van der Waals surface area (Å²) in [5.41, 5.74) is 11.8. The molecule has 1 aliphatic heterocycles. The summed E-state index contributed by atoms with van der Waals surface area (Å²) in [6, 6.07) is 14.8. The number of carbonyl (C=O) groups is 1. The SMILES string of the molecule is COc1cc(-c2ccc3cc(-c4nc5cc(C(=O)N6C[C@H]7CC[C@@H]6[C@@H]7N)cc(OC)c5n4C)n(CC4CC4)c3n2)ccc1F. The zero-order valence-corrected chi connectivity index (χ0v) is 25.1. The number of nitrogens with two attached hydrogens (primary N) is 1. The third-order valence-electron chi connectivity index (χ3n) is 9.87. The van der Waals surface area contributed by atoms with Crippen molar-refractivity contribution in [2.75, 3.05) is 20.8 Å². The lowest BCUT2D eigenvalue weighted by Crippen LogP contribution is -2.41. The van der Waals surface area contributed by atoms with Crippen molar-refractivity contribution in [2.45, 2.75) is 44.3 Å². The van der Waals surface area contributed by atoms with E-state index in [-0.39, 0.29) is 23.7 Å². The van der Waals surface area contributed by atoms with E-state index in [4.69, 9.17) is 25.2 Å². The predicted octanol–water partition coefficient (Wildman–Crippen LogP) is 5.39. The Morgan fingerprint density at radius 2 is 1.82 bits per heavy atom. The number of ether oxygens (including phenoxy) is 2. The Labute approximate surface area is 254 Å². The van der Waals surface area contributed by atoms with E-state index in [9.17, 15) is 9.18 Å². The van der Waals surface area contributed by atoms with Gasteiger partial charge in [-0.1, -0.05) is 0 Å². The van der Waals surface area contributed by atoms with E-state index in [0.29, 0.717) is 35.2 Å². The van der Waals surface area contributed by atoms with Crippen LogP contribution in [0.1, 0.15) is 36.0 Å². The molecule has 3 aliphatic rings. The van der Waals surface area contributed by atoms with Gasteiger partial charge in [-0.2, -0.15) is 0 Å². The van der Waals surface area contributed by atoms with Crippen molar-refractivity contribution in [3.8, 4) is 34.3 Å². The summed E-state index contributed by atoms with van der Waals surface area (Å²) in [7, 11) is 5.07. The number of amides is 1. The van der Waals surface area contributed by atoms with Gasteiger partial charge in [-0.15, -0.1) is 0 Å². The molecule has 10 heteroatoms. The fraction of sp³-hybridized carbons (Fsp3) is 0.382. The number of methoxy groups -OCH3 is 2. The monoisotopic (exact) mass is 594 g/mol. The highest BCUT2D eigenvalue weighted by atomic mass is 19.1. The normalized spacial score (nSPS) is 21.1. The molecule has 3 atom stereocenters. The second-order valence-corrected chi connectivity index (χ2v) is 12.5. The fourth-order valence-electron chi connectivity index (χ4n) is 7.30. The third kappa shape index (κ3) is 4.18. The van der Waals surface area contributed by atoms with Gasteiger partial charge in [-0.05, 0) is 86.1 Å². The van der Waals surface area contributed by atoms with Crippen molar-refractivity contribution < 1.29 is 18.7 Å². The summed E-state index contributed by atoms with van der Waals surface area (Å²) in [4.78, 5) is 25.8. The van der Waals surface area contributed by atoms with E-state index >= 15 is 0 Å². The molecule has 1 saturated heterocycles. The van der Waals surface area contributed by atoms with Crippen LogP contribution in [0.2, 0.25) is 0 Å². The molecule has 226 valence electrons. The van der Waals surface area contributed by atoms with Crippen LogP contribution in [0.25, 0.3) is 44.8 Å². The molecule has 8 rings (SSSR count).